The number of esters is 2. The third-order valence-electron chi connectivity index (χ3n) is 5.13. The molecule has 2 aromatic carbocycles. The number of rotatable bonds is 12. The van der Waals surface area contributed by atoms with Gasteiger partial charge >= 0.3 is 11.9 Å². The van der Waals surface area contributed by atoms with Gasteiger partial charge < -0.3 is 14.4 Å². The van der Waals surface area contributed by atoms with Gasteiger partial charge in [0.2, 0.25) is 5.01 Å². The molecular formula is C26H29FN4O4S. The molecule has 1 heterocycles. The van der Waals surface area contributed by atoms with Gasteiger partial charge in [-0.05, 0) is 42.8 Å². The van der Waals surface area contributed by atoms with Gasteiger partial charge in [-0.25, -0.2) is 19.0 Å². The Labute approximate surface area is 213 Å². The van der Waals surface area contributed by atoms with Crippen LogP contribution in [0.1, 0.15) is 58.5 Å². The fourth-order valence-electron chi connectivity index (χ4n) is 3.12. The maximum Gasteiger partial charge on any atom is 0.372 e. The van der Waals surface area contributed by atoms with Gasteiger partial charge in [0.15, 0.2) is 5.82 Å². The van der Waals surface area contributed by atoms with E-state index in [1.807, 2.05) is 31.1 Å². The molecular weight excluding hydrogens is 483 g/mol. The monoisotopic (exact) mass is 512 g/mol. The Morgan fingerprint density at radius 2 is 1.75 bits per heavy atom. The first-order valence-electron chi connectivity index (χ1n) is 11.7. The molecule has 1 aromatic heterocycles. The second-order valence-corrected chi connectivity index (χ2v) is 9.22. The molecule has 0 saturated heterocycles. The maximum absolute atomic E-state index is 14.5. The Morgan fingerprint density at radius 1 is 1.00 bits per heavy atom. The zero-order chi connectivity index (χ0) is 25.9. The first kappa shape index (κ1) is 26.9. The molecule has 8 nitrogen and oxygen atoms in total. The Bertz CT molecular complexity index is 1190. The Morgan fingerprint density at radius 3 is 2.44 bits per heavy atom. The van der Waals surface area contributed by atoms with E-state index in [2.05, 4.69) is 22.1 Å². The van der Waals surface area contributed by atoms with E-state index in [0.717, 1.165) is 55.2 Å². The predicted molar refractivity (Wildman–Crippen MR) is 137 cm³/mol. The summed E-state index contributed by atoms with van der Waals surface area (Å²) in [5, 5.41) is 7.94. The molecule has 0 saturated carbocycles. The maximum atomic E-state index is 14.5. The van der Waals surface area contributed by atoms with Crippen LogP contribution in [-0.2, 0) is 4.74 Å². The Balaban J connectivity index is 1.53. The largest absolute Gasteiger partial charge is 0.461 e. The third kappa shape index (κ3) is 7.94. The fraction of sp³-hybridized carbons (Fsp3) is 0.346. The smallest absolute Gasteiger partial charge is 0.372 e. The summed E-state index contributed by atoms with van der Waals surface area (Å²) in [7, 11) is 3.86. The number of benzene rings is 2. The number of aromatic nitrogens is 1. The van der Waals surface area contributed by atoms with Crippen molar-refractivity contribution >= 4 is 40.3 Å². The van der Waals surface area contributed by atoms with Gasteiger partial charge in [-0.3, -0.25) is 0 Å². The summed E-state index contributed by atoms with van der Waals surface area (Å²) in [5.74, 6) is -2.04. The zero-order valence-electron chi connectivity index (χ0n) is 20.6. The lowest BCUT2D eigenvalue weighted by Gasteiger charge is -2.11. The summed E-state index contributed by atoms with van der Waals surface area (Å²) in [6.45, 7) is 2.46. The molecule has 0 atom stereocenters. The topological polar surface area (TPSA) is 93.4 Å². The van der Waals surface area contributed by atoms with Crippen molar-refractivity contribution in [2.24, 2.45) is 10.2 Å². The van der Waals surface area contributed by atoms with Gasteiger partial charge in [-0.1, -0.05) is 32.6 Å². The van der Waals surface area contributed by atoms with Crippen LogP contribution >= 0.6 is 11.3 Å². The van der Waals surface area contributed by atoms with Crippen LogP contribution < -0.4 is 9.64 Å². The highest BCUT2D eigenvalue weighted by atomic mass is 32.1. The quantitative estimate of drug-likeness (QED) is 0.111. The highest BCUT2D eigenvalue weighted by molar-refractivity contribution is 7.15. The SMILES string of the molecule is CCCCCCCOC(=O)c1cnc(C(=O)Oc2ccc(N=Nc3ccc(N(C)C)cc3)c(F)c2)s1. The van der Waals surface area contributed by atoms with Crippen molar-refractivity contribution in [3.63, 3.8) is 0 Å². The molecule has 10 heteroatoms. The number of azo groups is 1. The van der Waals surface area contributed by atoms with Crippen LogP contribution in [0.5, 0.6) is 5.75 Å². The predicted octanol–water partition coefficient (Wildman–Crippen LogP) is 7.11. The minimum atomic E-state index is -0.798. The van der Waals surface area contributed by atoms with Crippen molar-refractivity contribution in [3.8, 4) is 5.75 Å². The molecule has 0 unspecified atom stereocenters. The van der Waals surface area contributed by atoms with Crippen LogP contribution in [-0.4, -0.2) is 37.6 Å². The fourth-order valence-corrected chi connectivity index (χ4v) is 3.80. The molecule has 190 valence electrons. The Kier molecular flexibility index (Phi) is 10.1. The summed E-state index contributed by atoms with van der Waals surface area (Å²) in [5.41, 5.74) is 1.58. The minimum absolute atomic E-state index is 0.000425. The number of carbonyl (C=O) groups is 2. The van der Waals surface area contributed by atoms with Crippen molar-refractivity contribution in [1.29, 1.82) is 0 Å². The number of anilines is 1. The summed E-state index contributed by atoms with van der Waals surface area (Å²) in [6.07, 6.45) is 6.49. The lowest BCUT2D eigenvalue weighted by Crippen LogP contribution is -2.08. The molecule has 0 aliphatic carbocycles. The molecule has 0 fully saturated rings. The number of halogens is 1. The van der Waals surface area contributed by atoms with E-state index in [1.54, 1.807) is 12.1 Å². The van der Waals surface area contributed by atoms with Gasteiger partial charge in [0.25, 0.3) is 0 Å². The number of hydrogen-bond acceptors (Lipinski definition) is 9. The summed E-state index contributed by atoms with van der Waals surface area (Å²) in [4.78, 5) is 30.6. The standard InChI is InChI=1S/C26H29FN4O4S/c1-4-5-6-7-8-15-34-25(32)23-17-28-24(36-23)26(33)35-20-13-14-22(21(27)16-20)30-29-18-9-11-19(12-10-18)31(2)3/h9-14,16-17H,4-8,15H2,1-3H3. The first-order chi connectivity index (χ1) is 17.4. The number of hydrogen-bond donors (Lipinski definition) is 0. The number of ether oxygens (including phenoxy) is 2. The van der Waals surface area contributed by atoms with Crippen LogP contribution in [0, 0.1) is 5.82 Å². The average molecular weight is 513 g/mol. The average Bonchev–Trinajstić information content (AvgIpc) is 3.36. The molecule has 36 heavy (non-hydrogen) atoms. The van der Waals surface area contributed by atoms with Crippen LogP contribution in [0.2, 0.25) is 0 Å². The normalized spacial score (nSPS) is 11.0. The van der Waals surface area contributed by atoms with Crippen LogP contribution in [0.3, 0.4) is 0 Å². The summed E-state index contributed by atoms with van der Waals surface area (Å²) in [6, 6.07) is 11.1. The van der Waals surface area contributed by atoms with Gasteiger partial charge in [-0.2, -0.15) is 5.11 Å². The highest BCUT2D eigenvalue weighted by Gasteiger charge is 2.19. The molecule has 0 spiro atoms. The molecule has 0 amide bonds. The van der Waals surface area contributed by atoms with Crippen molar-refractivity contribution in [3.05, 3.63) is 64.4 Å². The van der Waals surface area contributed by atoms with Crippen molar-refractivity contribution in [1.82, 2.24) is 4.98 Å². The van der Waals surface area contributed by atoms with E-state index < -0.39 is 17.8 Å². The van der Waals surface area contributed by atoms with E-state index in [-0.39, 0.29) is 21.3 Å². The van der Waals surface area contributed by atoms with Crippen LogP contribution in [0.15, 0.2) is 58.9 Å². The van der Waals surface area contributed by atoms with E-state index in [0.29, 0.717) is 12.3 Å². The lowest BCUT2D eigenvalue weighted by atomic mass is 10.2. The summed E-state index contributed by atoms with van der Waals surface area (Å²) < 4.78 is 24.9. The van der Waals surface area contributed by atoms with Crippen molar-refractivity contribution in [2.45, 2.75) is 39.0 Å². The van der Waals surface area contributed by atoms with E-state index >= 15 is 0 Å². The van der Waals surface area contributed by atoms with Crippen LogP contribution in [0.4, 0.5) is 21.5 Å². The third-order valence-corrected chi connectivity index (χ3v) is 6.09. The minimum Gasteiger partial charge on any atom is -0.461 e. The number of nitrogens with zero attached hydrogens (tertiary/aromatic N) is 4. The lowest BCUT2D eigenvalue weighted by molar-refractivity contribution is 0.0503. The van der Waals surface area contributed by atoms with Crippen molar-refractivity contribution in [2.75, 3.05) is 25.6 Å². The number of thiazole rings is 1. The molecule has 0 bridgehead atoms. The zero-order valence-corrected chi connectivity index (χ0v) is 21.4. The molecule has 3 rings (SSSR count). The summed E-state index contributed by atoms with van der Waals surface area (Å²) >= 11 is 0.866. The number of carbonyl (C=O) groups excluding carboxylic acids is 2. The first-order valence-corrected chi connectivity index (χ1v) is 12.5. The molecule has 0 N–H and O–H groups in total. The molecule has 0 aliphatic rings. The van der Waals surface area contributed by atoms with Gasteiger partial charge in [0, 0.05) is 25.8 Å². The van der Waals surface area contributed by atoms with Crippen LogP contribution in [0.25, 0.3) is 0 Å². The second kappa shape index (κ2) is 13.4. The van der Waals surface area contributed by atoms with E-state index in [4.69, 9.17) is 9.47 Å². The molecule has 0 radical (unpaired) electrons. The second-order valence-electron chi connectivity index (χ2n) is 8.19. The molecule has 0 aliphatic heterocycles. The van der Waals surface area contributed by atoms with Gasteiger partial charge in [-0.15, -0.1) is 16.5 Å². The Hall–Kier alpha value is -3.66. The molecule has 3 aromatic rings. The highest BCUT2D eigenvalue weighted by Crippen LogP contribution is 2.27. The van der Waals surface area contributed by atoms with E-state index in [1.165, 1.54) is 18.3 Å². The number of unbranched alkanes of at least 4 members (excludes halogenated alkanes) is 4. The van der Waals surface area contributed by atoms with E-state index in [9.17, 15) is 14.0 Å². The van der Waals surface area contributed by atoms with Crippen molar-refractivity contribution < 1.29 is 23.5 Å². The van der Waals surface area contributed by atoms with Gasteiger partial charge in [0.1, 0.15) is 16.3 Å². The van der Waals surface area contributed by atoms with Gasteiger partial charge in [0.05, 0.1) is 18.5 Å².